The van der Waals surface area contributed by atoms with Crippen LogP contribution in [0.4, 0.5) is 4.79 Å². The van der Waals surface area contributed by atoms with Crippen LogP contribution in [0.5, 0.6) is 0 Å². The van der Waals surface area contributed by atoms with Gasteiger partial charge < -0.3 is 9.47 Å². The molecule has 5 nitrogen and oxygen atoms in total. The predicted octanol–water partition coefficient (Wildman–Crippen LogP) is 2.48. The van der Waals surface area contributed by atoms with E-state index >= 15 is 0 Å². The zero-order chi connectivity index (χ0) is 13.2. The van der Waals surface area contributed by atoms with Crippen LogP contribution in [0.25, 0.3) is 0 Å². The van der Waals surface area contributed by atoms with E-state index in [1.165, 1.54) is 5.06 Å². The molecule has 0 saturated carbocycles. The van der Waals surface area contributed by atoms with Crippen molar-refractivity contribution < 1.29 is 19.1 Å². The van der Waals surface area contributed by atoms with Crippen molar-refractivity contribution in [3.05, 3.63) is 12.3 Å². The van der Waals surface area contributed by atoms with E-state index in [0.717, 1.165) is 12.8 Å². The van der Waals surface area contributed by atoms with Gasteiger partial charge in [-0.15, -0.1) is 0 Å². The first kappa shape index (κ1) is 13.2. The fourth-order valence-electron chi connectivity index (χ4n) is 2.05. The van der Waals surface area contributed by atoms with Gasteiger partial charge in [-0.25, -0.2) is 4.79 Å². The fourth-order valence-corrected chi connectivity index (χ4v) is 2.05. The maximum Gasteiger partial charge on any atom is 0.434 e. The highest BCUT2D eigenvalue weighted by atomic mass is 16.7. The summed E-state index contributed by atoms with van der Waals surface area (Å²) in [5, 5.41) is 1.33. The summed E-state index contributed by atoms with van der Waals surface area (Å²) < 4.78 is 10.8. The summed E-state index contributed by atoms with van der Waals surface area (Å²) in [4.78, 5) is 17.4. The van der Waals surface area contributed by atoms with E-state index in [1.54, 1.807) is 6.26 Å². The fraction of sp³-hybridized carbons (Fsp3) is 0.769. The average Bonchev–Trinajstić information content (AvgIpc) is 2.62. The molecule has 0 aromatic rings. The number of fused-ring (bicyclic) bond motifs is 1. The Kier molecular flexibility index (Phi) is 3.80. The summed E-state index contributed by atoms with van der Waals surface area (Å²) in [5.74, 6) is 0.232. The van der Waals surface area contributed by atoms with Crippen LogP contribution in [-0.4, -0.2) is 36.0 Å². The average molecular weight is 255 g/mol. The van der Waals surface area contributed by atoms with Gasteiger partial charge in [-0.3, -0.25) is 4.84 Å². The van der Waals surface area contributed by atoms with E-state index < -0.39 is 11.7 Å². The van der Waals surface area contributed by atoms with Gasteiger partial charge in [0, 0.05) is 5.92 Å². The van der Waals surface area contributed by atoms with Crippen molar-refractivity contribution in [3.63, 3.8) is 0 Å². The molecular weight excluding hydrogens is 234 g/mol. The molecule has 0 bridgehead atoms. The van der Waals surface area contributed by atoms with Crippen molar-refractivity contribution in [1.29, 1.82) is 0 Å². The van der Waals surface area contributed by atoms with Crippen LogP contribution >= 0.6 is 0 Å². The highest BCUT2D eigenvalue weighted by Gasteiger charge is 2.30. The van der Waals surface area contributed by atoms with E-state index in [-0.39, 0.29) is 12.0 Å². The number of ether oxygens (including phenoxy) is 2. The third kappa shape index (κ3) is 3.38. The molecule has 0 aromatic heterocycles. The quantitative estimate of drug-likeness (QED) is 0.667. The zero-order valence-corrected chi connectivity index (χ0v) is 11.2. The molecule has 0 spiro atoms. The van der Waals surface area contributed by atoms with Crippen LogP contribution in [0, 0.1) is 5.92 Å². The Morgan fingerprint density at radius 1 is 1.44 bits per heavy atom. The Bertz CT molecular complexity index is 334. The van der Waals surface area contributed by atoms with Gasteiger partial charge in [-0.2, -0.15) is 5.06 Å². The van der Waals surface area contributed by atoms with Gasteiger partial charge in [0.1, 0.15) is 11.7 Å². The smallest absolute Gasteiger partial charge is 0.434 e. The summed E-state index contributed by atoms with van der Waals surface area (Å²) in [6.45, 7) is 6.54. The van der Waals surface area contributed by atoms with Gasteiger partial charge in [0.25, 0.3) is 0 Å². The first-order valence-corrected chi connectivity index (χ1v) is 6.41. The second kappa shape index (κ2) is 5.18. The minimum Gasteiger partial charge on any atom is -0.498 e. The molecule has 102 valence electrons. The summed E-state index contributed by atoms with van der Waals surface area (Å²) in [6, 6.07) is 0. The number of rotatable bonds is 0. The van der Waals surface area contributed by atoms with Crippen molar-refractivity contribution >= 4 is 6.09 Å². The lowest BCUT2D eigenvalue weighted by Crippen LogP contribution is -2.41. The van der Waals surface area contributed by atoms with Crippen LogP contribution < -0.4 is 0 Å². The molecule has 2 aliphatic heterocycles. The monoisotopic (exact) mass is 255 g/mol. The third-order valence-electron chi connectivity index (χ3n) is 2.93. The van der Waals surface area contributed by atoms with Crippen molar-refractivity contribution in [2.45, 2.75) is 45.3 Å². The molecule has 2 rings (SSSR count). The highest BCUT2D eigenvalue weighted by molar-refractivity contribution is 5.66. The molecule has 18 heavy (non-hydrogen) atoms. The van der Waals surface area contributed by atoms with Gasteiger partial charge in [-0.05, 0) is 39.7 Å². The maximum absolute atomic E-state index is 11.9. The van der Waals surface area contributed by atoms with Gasteiger partial charge in [0.15, 0.2) is 0 Å². The molecule has 0 radical (unpaired) electrons. The topological polar surface area (TPSA) is 48.0 Å². The van der Waals surface area contributed by atoms with Crippen LogP contribution in [-0.2, 0) is 14.3 Å². The van der Waals surface area contributed by atoms with Crippen molar-refractivity contribution in [3.8, 4) is 0 Å². The lowest BCUT2D eigenvalue weighted by Gasteiger charge is -2.30. The molecule has 2 aliphatic rings. The van der Waals surface area contributed by atoms with Gasteiger partial charge >= 0.3 is 6.09 Å². The second-order valence-corrected chi connectivity index (χ2v) is 5.69. The van der Waals surface area contributed by atoms with Crippen molar-refractivity contribution in [2.75, 3.05) is 13.2 Å². The zero-order valence-electron chi connectivity index (χ0n) is 11.2. The SMILES string of the molecule is CC(C)(C)OC(=O)N1CCCC2OC=CC2CO1. The largest absolute Gasteiger partial charge is 0.498 e. The van der Waals surface area contributed by atoms with Gasteiger partial charge in [0.2, 0.25) is 0 Å². The van der Waals surface area contributed by atoms with E-state index in [0.29, 0.717) is 13.2 Å². The van der Waals surface area contributed by atoms with Gasteiger partial charge in [-0.1, -0.05) is 0 Å². The lowest BCUT2D eigenvalue weighted by molar-refractivity contribution is -0.166. The predicted molar refractivity (Wildman–Crippen MR) is 65.6 cm³/mol. The molecule has 1 saturated heterocycles. The maximum atomic E-state index is 11.9. The first-order valence-electron chi connectivity index (χ1n) is 6.41. The molecule has 1 fully saturated rings. The summed E-state index contributed by atoms with van der Waals surface area (Å²) in [7, 11) is 0. The number of hydrogen-bond acceptors (Lipinski definition) is 4. The van der Waals surface area contributed by atoms with E-state index in [9.17, 15) is 4.79 Å². The van der Waals surface area contributed by atoms with E-state index in [2.05, 4.69) is 0 Å². The highest BCUT2D eigenvalue weighted by Crippen LogP contribution is 2.25. The standard InChI is InChI=1S/C13H21NO4/c1-13(2,3)18-12(15)14-7-4-5-11-10(9-17-14)6-8-16-11/h6,8,10-11H,4-5,7,9H2,1-3H3. The molecular formula is C13H21NO4. The molecule has 2 atom stereocenters. The Morgan fingerprint density at radius 2 is 2.22 bits per heavy atom. The Morgan fingerprint density at radius 3 is 2.94 bits per heavy atom. The molecule has 2 unspecified atom stereocenters. The molecule has 5 heteroatoms. The minimum absolute atomic E-state index is 0.200. The van der Waals surface area contributed by atoms with Crippen molar-refractivity contribution in [1.82, 2.24) is 5.06 Å². The van der Waals surface area contributed by atoms with Crippen LogP contribution in [0.15, 0.2) is 12.3 Å². The second-order valence-electron chi connectivity index (χ2n) is 5.69. The molecule has 1 amide bonds. The van der Waals surface area contributed by atoms with Crippen LogP contribution in [0.1, 0.15) is 33.6 Å². The molecule has 0 N–H and O–H groups in total. The van der Waals surface area contributed by atoms with Crippen LogP contribution in [0.2, 0.25) is 0 Å². The summed E-state index contributed by atoms with van der Waals surface area (Å²) >= 11 is 0. The van der Waals surface area contributed by atoms with E-state index in [4.69, 9.17) is 14.3 Å². The number of hydroxylamine groups is 2. The summed E-state index contributed by atoms with van der Waals surface area (Å²) in [6.07, 6.45) is 5.28. The number of nitrogens with zero attached hydrogens (tertiary/aromatic N) is 1. The van der Waals surface area contributed by atoms with Gasteiger partial charge in [0.05, 0.1) is 19.4 Å². The Labute approximate surface area is 108 Å². The lowest BCUT2D eigenvalue weighted by atomic mass is 10.0. The minimum atomic E-state index is -0.498. The first-order chi connectivity index (χ1) is 8.46. The van der Waals surface area contributed by atoms with E-state index in [1.807, 2.05) is 26.8 Å². The number of amides is 1. The van der Waals surface area contributed by atoms with Crippen molar-refractivity contribution in [2.24, 2.45) is 5.92 Å². The molecule has 0 aromatic carbocycles. The normalized spacial score (nSPS) is 28.1. The molecule has 0 aliphatic carbocycles. The number of carbonyl (C=O) groups is 1. The van der Waals surface area contributed by atoms with Crippen LogP contribution in [0.3, 0.4) is 0 Å². The Hall–Kier alpha value is -1.23. The summed E-state index contributed by atoms with van der Waals surface area (Å²) in [5.41, 5.74) is -0.498. The number of carbonyl (C=O) groups excluding carboxylic acids is 1. The Balaban J connectivity index is 1.90. The molecule has 2 heterocycles. The number of hydrogen-bond donors (Lipinski definition) is 0. The third-order valence-corrected chi connectivity index (χ3v) is 2.93.